The number of hydrogen-bond acceptors (Lipinski definition) is 1. The monoisotopic (exact) mass is 290 g/mol. The van der Waals surface area contributed by atoms with Crippen molar-refractivity contribution >= 4 is 21.7 Å². The minimum absolute atomic E-state index is 0.0474. The normalized spacial score (nSPS) is 12.5. The topological polar surface area (TPSA) is 17.1 Å². The van der Waals surface area contributed by atoms with Crippen LogP contribution >= 0.6 is 15.9 Å². The molecule has 0 N–H and O–H groups in total. The van der Waals surface area contributed by atoms with Crippen molar-refractivity contribution in [1.82, 2.24) is 0 Å². The molecular formula is C12H13BrF2O. The van der Waals surface area contributed by atoms with Gasteiger partial charge in [0.2, 0.25) is 0 Å². The van der Waals surface area contributed by atoms with Gasteiger partial charge in [0.15, 0.2) is 0 Å². The van der Waals surface area contributed by atoms with Crippen molar-refractivity contribution in [2.75, 3.05) is 0 Å². The van der Waals surface area contributed by atoms with Gasteiger partial charge in [-0.15, -0.1) is 0 Å². The van der Waals surface area contributed by atoms with Crippen LogP contribution in [0.25, 0.3) is 0 Å². The summed E-state index contributed by atoms with van der Waals surface area (Å²) < 4.78 is 25.9. The second-order valence-electron chi connectivity index (χ2n) is 3.62. The van der Waals surface area contributed by atoms with E-state index in [2.05, 4.69) is 15.9 Å². The van der Waals surface area contributed by atoms with Crippen LogP contribution < -0.4 is 0 Å². The maximum Gasteiger partial charge on any atom is 0.146 e. The standard InChI is InChI=1S/C12H13BrF2O/c1-2-3-12(16)10(13)6-8-4-5-9(14)7-11(8)15/h4-5,7,10H,2-3,6H2,1H3. The summed E-state index contributed by atoms with van der Waals surface area (Å²) in [5, 5.41) is 0. The number of hydrogen-bond donors (Lipinski definition) is 0. The van der Waals surface area contributed by atoms with Crippen LogP contribution in [0.3, 0.4) is 0 Å². The predicted octanol–water partition coefficient (Wildman–Crippen LogP) is 3.64. The lowest BCUT2D eigenvalue weighted by atomic mass is 10.0. The third kappa shape index (κ3) is 3.67. The Morgan fingerprint density at radius 3 is 2.69 bits per heavy atom. The predicted molar refractivity (Wildman–Crippen MR) is 62.7 cm³/mol. The second-order valence-corrected chi connectivity index (χ2v) is 4.73. The van der Waals surface area contributed by atoms with Crippen LogP contribution in [0.15, 0.2) is 18.2 Å². The highest BCUT2D eigenvalue weighted by Gasteiger charge is 2.16. The van der Waals surface area contributed by atoms with Gasteiger partial charge in [-0.1, -0.05) is 28.9 Å². The van der Waals surface area contributed by atoms with E-state index in [0.29, 0.717) is 12.0 Å². The molecule has 0 saturated carbocycles. The molecule has 0 radical (unpaired) electrons. The van der Waals surface area contributed by atoms with Crippen LogP contribution in [0.2, 0.25) is 0 Å². The average molecular weight is 291 g/mol. The Hall–Kier alpha value is -0.770. The molecule has 0 saturated heterocycles. The van der Waals surface area contributed by atoms with Gasteiger partial charge in [0.25, 0.3) is 0 Å². The molecule has 0 fully saturated rings. The van der Waals surface area contributed by atoms with Gasteiger partial charge in [-0.3, -0.25) is 4.79 Å². The third-order valence-electron chi connectivity index (χ3n) is 2.26. The van der Waals surface area contributed by atoms with Crippen molar-refractivity contribution in [3.05, 3.63) is 35.4 Å². The van der Waals surface area contributed by atoms with Gasteiger partial charge in [0, 0.05) is 12.5 Å². The fourth-order valence-electron chi connectivity index (χ4n) is 1.40. The summed E-state index contributed by atoms with van der Waals surface area (Å²) in [7, 11) is 0. The summed E-state index contributed by atoms with van der Waals surface area (Å²) in [4.78, 5) is 11.1. The highest BCUT2D eigenvalue weighted by molar-refractivity contribution is 9.10. The Balaban J connectivity index is 2.69. The first-order valence-electron chi connectivity index (χ1n) is 5.15. The molecule has 1 atom stereocenters. The fourth-order valence-corrected chi connectivity index (χ4v) is 1.97. The number of ketones is 1. The highest BCUT2D eigenvalue weighted by atomic mass is 79.9. The van der Waals surface area contributed by atoms with Crippen molar-refractivity contribution in [2.24, 2.45) is 0 Å². The molecule has 0 amide bonds. The summed E-state index contributed by atoms with van der Waals surface area (Å²) in [6.07, 6.45) is 1.50. The van der Waals surface area contributed by atoms with Crippen molar-refractivity contribution in [3.8, 4) is 0 Å². The number of benzene rings is 1. The quantitative estimate of drug-likeness (QED) is 0.757. The van der Waals surface area contributed by atoms with E-state index in [1.54, 1.807) is 0 Å². The van der Waals surface area contributed by atoms with Gasteiger partial charge < -0.3 is 0 Å². The van der Waals surface area contributed by atoms with Crippen LogP contribution in [0.4, 0.5) is 8.78 Å². The van der Waals surface area contributed by atoms with Crippen LogP contribution in [-0.2, 0) is 11.2 Å². The Kier molecular flexibility index (Phi) is 5.06. The van der Waals surface area contributed by atoms with Crippen molar-refractivity contribution in [1.29, 1.82) is 0 Å². The highest BCUT2D eigenvalue weighted by Crippen LogP contribution is 2.17. The molecule has 1 nitrogen and oxygen atoms in total. The lowest BCUT2D eigenvalue weighted by molar-refractivity contribution is -0.118. The van der Waals surface area contributed by atoms with E-state index >= 15 is 0 Å². The van der Waals surface area contributed by atoms with Gasteiger partial charge in [0.05, 0.1) is 4.83 Å². The van der Waals surface area contributed by atoms with Crippen molar-refractivity contribution in [2.45, 2.75) is 31.0 Å². The fraction of sp³-hybridized carbons (Fsp3) is 0.417. The van der Waals surface area contributed by atoms with Gasteiger partial charge in [0.1, 0.15) is 17.4 Å². The van der Waals surface area contributed by atoms with Crippen LogP contribution in [-0.4, -0.2) is 10.6 Å². The first kappa shape index (κ1) is 13.3. The third-order valence-corrected chi connectivity index (χ3v) is 3.09. The zero-order valence-electron chi connectivity index (χ0n) is 8.97. The number of Topliss-reactive ketones (excluding diaryl/α,β-unsaturated/α-hetero) is 1. The smallest absolute Gasteiger partial charge is 0.146 e. The SMILES string of the molecule is CCCC(=O)C(Br)Cc1ccc(F)cc1F. The number of halogens is 3. The number of carbonyl (C=O) groups is 1. The molecule has 1 aromatic rings. The van der Waals surface area contributed by atoms with Crippen LogP contribution in [0, 0.1) is 11.6 Å². The molecule has 16 heavy (non-hydrogen) atoms. The summed E-state index contributed by atoms with van der Waals surface area (Å²) >= 11 is 3.22. The lowest BCUT2D eigenvalue weighted by Crippen LogP contribution is -2.16. The molecular weight excluding hydrogens is 278 g/mol. The lowest BCUT2D eigenvalue weighted by Gasteiger charge is -2.09. The van der Waals surface area contributed by atoms with Crippen molar-refractivity contribution < 1.29 is 13.6 Å². The number of rotatable bonds is 5. The molecule has 0 heterocycles. The Morgan fingerprint density at radius 1 is 1.44 bits per heavy atom. The van der Waals surface area contributed by atoms with E-state index in [4.69, 9.17) is 0 Å². The Morgan fingerprint density at radius 2 is 2.12 bits per heavy atom. The maximum atomic E-state index is 13.3. The molecule has 0 aromatic heterocycles. The molecule has 1 aromatic carbocycles. The summed E-state index contributed by atoms with van der Waals surface area (Å²) in [6.45, 7) is 1.91. The first-order valence-corrected chi connectivity index (χ1v) is 6.07. The van der Waals surface area contributed by atoms with Gasteiger partial charge in [-0.2, -0.15) is 0 Å². The van der Waals surface area contributed by atoms with Crippen LogP contribution in [0.1, 0.15) is 25.3 Å². The molecule has 0 spiro atoms. The number of carbonyl (C=O) groups excluding carboxylic acids is 1. The zero-order valence-corrected chi connectivity index (χ0v) is 10.6. The molecule has 0 bridgehead atoms. The van der Waals surface area contributed by atoms with Crippen LogP contribution in [0.5, 0.6) is 0 Å². The van der Waals surface area contributed by atoms with E-state index in [1.165, 1.54) is 12.1 Å². The van der Waals surface area contributed by atoms with Gasteiger partial charge in [-0.05, 0) is 24.5 Å². The molecule has 0 aliphatic heterocycles. The maximum absolute atomic E-state index is 13.3. The van der Waals surface area contributed by atoms with Crippen molar-refractivity contribution in [3.63, 3.8) is 0 Å². The summed E-state index contributed by atoms with van der Waals surface area (Å²) in [6, 6.07) is 3.40. The minimum Gasteiger partial charge on any atom is -0.298 e. The van der Waals surface area contributed by atoms with E-state index in [0.717, 1.165) is 12.5 Å². The Bertz CT molecular complexity index is 379. The summed E-state index contributed by atoms with van der Waals surface area (Å²) in [5.74, 6) is -1.16. The minimum atomic E-state index is -0.604. The molecule has 1 rings (SSSR count). The largest absolute Gasteiger partial charge is 0.298 e. The number of alkyl halides is 1. The summed E-state index contributed by atoms with van der Waals surface area (Å²) in [5.41, 5.74) is 0.354. The van der Waals surface area contributed by atoms with E-state index in [9.17, 15) is 13.6 Å². The molecule has 0 aliphatic carbocycles. The van der Waals surface area contributed by atoms with E-state index < -0.39 is 16.5 Å². The Labute approximate surface area is 102 Å². The van der Waals surface area contributed by atoms with E-state index in [1.807, 2.05) is 6.92 Å². The van der Waals surface area contributed by atoms with Gasteiger partial charge in [-0.25, -0.2) is 8.78 Å². The molecule has 1 unspecified atom stereocenters. The molecule has 88 valence electrons. The zero-order chi connectivity index (χ0) is 12.1. The van der Waals surface area contributed by atoms with E-state index in [-0.39, 0.29) is 12.2 Å². The average Bonchev–Trinajstić information content (AvgIpc) is 2.22. The molecule has 0 aliphatic rings. The second kappa shape index (κ2) is 6.09. The molecule has 4 heteroatoms. The first-order chi connectivity index (χ1) is 7.54. The van der Waals surface area contributed by atoms with Gasteiger partial charge >= 0.3 is 0 Å².